The molecule has 0 aliphatic carbocycles. The molecule has 0 spiro atoms. The Balaban J connectivity index is 2.15. The van der Waals surface area contributed by atoms with Gasteiger partial charge in [0.15, 0.2) is 11.6 Å². The van der Waals surface area contributed by atoms with E-state index < -0.39 is 0 Å². The summed E-state index contributed by atoms with van der Waals surface area (Å²) < 4.78 is 5.31. The van der Waals surface area contributed by atoms with Gasteiger partial charge in [-0.15, -0.1) is 0 Å². The minimum absolute atomic E-state index is 0.286. The van der Waals surface area contributed by atoms with Crippen LogP contribution in [0, 0.1) is 0 Å². The zero-order valence-electron chi connectivity index (χ0n) is 12.3. The smallest absolute Gasteiger partial charge is 0.187 e. The highest BCUT2D eigenvalue weighted by atomic mass is 35.5. The number of anilines is 2. The van der Waals surface area contributed by atoms with Crippen molar-refractivity contribution in [3.63, 3.8) is 0 Å². The molecule has 2 aromatic heterocycles. The predicted molar refractivity (Wildman–Crippen MR) is 91.1 cm³/mol. The molecule has 0 amide bonds. The number of nitrogens with zero attached hydrogens (tertiary/aromatic N) is 3. The third kappa shape index (κ3) is 2.89. The summed E-state index contributed by atoms with van der Waals surface area (Å²) in [5, 5.41) is 0.519. The Hall–Kier alpha value is -2.86. The topological polar surface area (TPSA) is 99.9 Å². The molecule has 116 valence electrons. The fourth-order valence-corrected chi connectivity index (χ4v) is 2.52. The molecule has 0 aliphatic heterocycles. The Labute approximate surface area is 138 Å². The van der Waals surface area contributed by atoms with Crippen molar-refractivity contribution in [3.05, 3.63) is 47.9 Å². The Kier molecular flexibility index (Phi) is 3.99. The zero-order chi connectivity index (χ0) is 16.4. The summed E-state index contributed by atoms with van der Waals surface area (Å²) in [7, 11) is 1.53. The van der Waals surface area contributed by atoms with Crippen molar-refractivity contribution in [1.29, 1.82) is 0 Å². The number of rotatable bonds is 3. The first-order chi connectivity index (χ1) is 11.1. The first kappa shape index (κ1) is 15.1. The van der Waals surface area contributed by atoms with Gasteiger partial charge in [-0.2, -0.15) is 0 Å². The quantitative estimate of drug-likeness (QED) is 0.767. The highest BCUT2D eigenvalue weighted by molar-refractivity contribution is 6.33. The van der Waals surface area contributed by atoms with Gasteiger partial charge in [-0.25, -0.2) is 15.0 Å². The maximum Gasteiger partial charge on any atom is 0.187 e. The number of halogens is 1. The second-order valence-electron chi connectivity index (χ2n) is 4.81. The third-order valence-corrected chi connectivity index (χ3v) is 3.66. The largest absolute Gasteiger partial charge is 0.491 e. The van der Waals surface area contributed by atoms with E-state index in [-0.39, 0.29) is 5.82 Å². The van der Waals surface area contributed by atoms with Crippen molar-refractivity contribution < 1.29 is 4.74 Å². The van der Waals surface area contributed by atoms with E-state index in [1.165, 1.54) is 19.6 Å². The molecule has 0 atom stereocenters. The molecule has 0 unspecified atom stereocenters. The molecule has 2 heterocycles. The molecule has 23 heavy (non-hydrogen) atoms. The van der Waals surface area contributed by atoms with Crippen LogP contribution in [0.4, 0.5) is 11.6 Å². The molecule has 0 fully saturated rings. The van der Waals surface area contributed by atoms with Crippen LogP contribution in [-0.4, -0.2) is 22.1 Å². The number of aromatic nitrogens is 3. The van der Waals surface area contributed by atoms with Gasteiger partial charge in [0.05, 0.1) is 12.1 Å². The minimum atomic E-state index is 0.286. The lowest BCUT2D eigenvalue weighted by molar-refractivity contribution is 0.415. The lowest BCUT2D eigenvalue weighted by Gasteiger charge is -2.11. The van der Waals surface area contributed by atoms with Gasteiger partial charge in [-0.05, 0) is 17.7 Å². The van der Waals surface area contributed by atoms with E-state index >= 15 is 0 Å². The van der Waals surface area contributed by atoms with E-state index in [1.54, 1.807) is 6.07 Å². The Bertz CT molecular complexity index is 869. The highest BCUT2D eigenvalue weighted by Crippen LogP contribution is 2.35. The van der Waals surface area contributed by atoms with Crippen LogP contribution in [0.5, 0.6) is 5.75 Å². The van der Waals surface area contributed by atoms with Gasteiger partial charge in [-0.3, -0.25) is 0 Å². The molecular formula is C16H14ClN5O. The summed E-state index contributed by atoms with van der Waals surface area (Å²) in [5.41, 5.74) is 14.7. The molecule has 0 aliphatic rings. The van der Waals surface area contributed by atoms with E-state index in [1.807, 2.05) is 24.3 Å². The van der Waals surface area contributed by atoms with Gasteiger partial charge in [-0.1, -0.05) is 29.8 Å². The predicted octanol–water partition coefficient (Wildman–Crippen LogP) is 3.03. The Morgan fingerprint density at radius 2 is 1.83 bits per heavy atom. The summed E-state index contributed by atoms with van der Waals surface area (Å²) in [4.78, 5) is 12.2. The molecular weight excluding hydrogens is 314 g/mol. The van der Waals surface area contributed by atoms with E-state index in [0.717, 1.165) is 16.7 Å². The Morgan fingerprint density at radius 1 is 1.04 bits per heavy atom. The number of pyridine rings is 1. The van der Waals surface area contributed by atoms with E-state index in [9.17, 15) is 0 Å². The van der Waals surface area contributed by atoms with Crippen molar-refractivity contribution in [2.75, 3.05) is 18.6 Å². The Morgan fingerprint density at radius 3 is 2.61 bits per heavy atom. The SMILES string of the molecule is COc1c(N)ncnc1-c1cccc(-c2cc(N)ncc2Cl)c1. The molecule has 0 bridgehead atoms. The lowest BCUT2D eigenvalue weighted by Crippen LogP contribution is -2.00. The summed E-state index contributed by atoms with van der Waals surface area (Å²) in [5.74, 6) is 1.12. The van der Waals surface area contributed by atoms with E-state index in [0.29, 0.717) is 22.3 Å². The van der Waals surface area contributed by atoms with Crippen LogP contribution in [-0.2, 0) is 0 Å². The zero-order valence-corrected chi connectivity index (χ0v) is 13.1. The van der Waals surface area contributed by atoms with Crippen molar-refractivity contribution in [2.45, 2.75) is 0 Å². The number of nitrogen functional groups attached to an aromatic ring is 2. The molecule has 4 N–H and O–H groups in total. The third-order valence-electron chi connectivity index (χ3n) is 3.36. The lowest BCUT2D eigenvalue weighted by atomic mass is 10.0. The van der Waals surface area contributed by atoms with Crippen LogP contribution in [0.1, 0.15) is 0 Å². The van der Waals surface area contributed by atoms with Crippen LogP contribution in [0.25, 0.3) is 22.4 Å². The van der Waals surface area contributed by atoms with E-state index in [4.69, 9.17) is 27.8 Å². The van der Waals surface area contributed by atoms with Crippen LogP contribution in [0.2, 0.25) is 5.02 Å². The van der Waals surface area contributed by atoms with Crippen molar-refractivity contribution in [2.24, 2.45) is 0 Å². The average molecular weight is 328 g/mol. The fraction of sp³-hybridized carbons (Fsp3) is 0.0625. The molecule has 0 radical (unpaired) electrons. The fourth-order valence-electron chi connectivity index (χ4n) is 2.30. The van der Waals surface area contributed by atoms with Crippen LogP contribution in [0.3, 0.4) is 0 Å². The molecule has 3 aromatic rings. The molecule has 1 aromatic carbocycles. The second kappa shape index (κ2) is 6.10. The van der Waals surface area contributed by atoms with Crippen LogP contribution < -0.4 is 16.2 Å². The number of benzene rings is 1. The number of nitrogens with two attached hydrogens (primary N) is 2. The van der Waals surface area contributed by atoms with E-state index in [2.05, 4.69) is 15.0 Å². The summed E-state index contributed by atoms with van der Waals surface area (Å²) in [6.07, 6.45) is 2.93. The summed E-state index contributed by atoms with van der Waals surface area (Å²) in [6.45, 7) is 0. The molecule has 3 rings (SSSR count). The summed E-state index contributed by atoms with van der Waals surface area (Å²) in [6, 6.07) is 9.40. The maximum absolute atomic E-state index is 6.22. The van der Waals surface area contributed by atoms with Gasteiger partial charge in [0.2, 0.25) is 0 Å². The highest BCUT2D eigenvalue weighted by Gasteiger charge is 2.13. The van der Waals surface area contributed by atoms with Gasteiger partial charge >= 0.3 is 0 Å². The first-order valence-electron chi connectivity index (χ1n) is 6.76. The van der Waals surface area contributed by atoms with Gasteiger partial charge in [0.25, 0.3) is 0 Å². The van der Waals surface area contributed by atoms with Crippen LogP contribution in [0.15, 0.2) is 42.9 Å². The number of hydrogen-bond acceptors (Lipinski definition) is 6. The number of methoxy groups -OCH3 is 1. The standard InChI is InChI=1S/C16H14ClN5O/c1-23-15-14(21-8-22-16(15)19)10-4-2-3-9(5-10)11-6-13(18)20-7-12(11)17/h2-8H,1H3,(H2,18,20)(H2,19,21,22). The maximum atomic E-state index is 6.22. The second-order valence-corrected chi connectivity index (χ2v) is 5.22. The monoisotopic (exact) mass is 327 g/mol. The number of hydrogen-bond donors (Lipinski definition) is 2. The van der Waals surface area contributed by atoms with Crippen molar-refractivity contribution in [3.8, 4) is 28.1 Å². The minimum Gasteiger partial charge on any atom is -0.491 e. The molecule has 7 heteroatoms. The van der Waals surface area contributed by atoms with Crippen LogP contribution >= 0.6 is 11.6 Å². The molecule has 0 saturated carbocycles. The van der Waals surface area contributed by atoms with Crippen molar-refractivity contribution >= 4 is 23.2 Å². The number of ether oxygens (including phenoxy) is 1. The average Bonchev–Trinajstić information content (AvgIpc) is 2.57. The molecule has 0 saturated heterocycles. The molecule has 6 nitrogen and oxygen atoms in total. The summed E-state index contributed by atoms with van der Waals surface area (Å²) >= 11 is 6.22. The van der Waals surface area contributed by atoms with Gasteiger partial charge in [0.1, 0.15) is 17.8 Å². The normalized spacial score (nSPS) is 10.5. The van der Waals surface area contributed by atoms with Gasteiger partial charge < -0.3 is 16.2 Å². The van der Waals surface area contributed by atoms with Gasteiger partial charge in [0, 0.05) is 17.3 Å². The first-order valence-corrected chi connectivity index (χ1v) is 7.14. The van der Waals surface area contributed by atoms with Crippen molar-refractivity contribution in [1.82, 2.24) is 15.0 Å².